The van der Waals surface area contributed by atoms with Crippen LogP contribution >= 0.6 is 0 Å². The molecule has 1 heterocycles. The standard InChI is InChI=1S/C59H38O/c1-59(2)52-29-26-36(33-51(52)57-43-19-7-5-17-40(43)41-18-6-12-24-48(41)58(57)59)37-27-30-53-49(32-37)50-34-38(28-31-54(50)60-53)55-44-20-8-10-22-46(44)56(47-23-11-9-21-45(47)55)42-25-13-15-35-14-3-4-16-39(35)42/h3-34H,1-2H3. The zero-order valence-corrected chi connectivity index (χ0v) is 33.4. The Bertz CT molecular complexity index is 3740. The highest BCUT2D eigenvalue weighted by Gasteiger charge is 2.38. The van der Waals surface area contributed by atoms with E-state index in [1.807, 2.05) is 0 Å². The van der Waals surface area contributed by atoms with E-state index in [-0.39, 0.29) is 5.41 Å². The van der Waals surface area contributed by atoms with Crippen molar-refractivity contribution in [2.24, 2.45) is 0 Å². The SMILES string of the molecule is CC1(C)c2ccc(-c3ccc4oc5ccc(-c6c7ccccc7c(-c7cccc8ccccc78)c7ccccc67)cc5c4c3)cc2-c2c1c1ccccc1c1ccccc21. The molecule has 12 aromatic rings. The fourth-order valence-corrected chi connectivity index (χ4v) is 11.0. The molecule has 0 N–H and O–H groups in total. The summed E-state index contributed by atoms with van der Waals surface area (Å²) >= 11 is 0. The monoisotopic (exact) mass is 762 g/mol. The number of fused-ring (bicyclic) bond motifs is 14. The number of hydrogen-bond donors (Lipinski definition) is 0. The quantitative estimate of drug-likeness (QED) is 0.129. The average molecular weight is 763 g/mol. The van der Waals surface area contributed by atoms with Gasteiger partial charge in [0, 0.05) is 16.2 Å². The van der Waals surface area contributed by atoms with E-state index in [1.54, 1.807) is 0 Å². The summed E-state index contributed by atoms with van der Waals surface area (Å²) in [7, 11) is 0. The molecule has 280 valence electrons. The Labute approximate surface area is 347 Å². The molecule has 0 saturated carbocycles. The number of hydrogen-bond acceptors (Lipinski definition) is 1. The molecular formula is C59H38O. The van der Waals surface area contributed by atoms with Gasteiger partial charge in [0.1, 0.15) is 11.2 Å². The van der Waals surface area contributed by atoms with Crippen LogP contribution in [0.4, 0.5) is 0 Å². The molecule has 0 fully saturated rings. The minimum Gasteiger partial charge on any atom is -0.456 e. The number of furan rings is 1. The molecule has 1 aliphatic rings. The first-order chi connectivity index (χ1) is 29.5. The van der Waals surface area contributed by atoms with Gasteiger partial charge in [0.05, 0.1) is 0 Å². The van der Waals surface area contributed by atoms with Gasteiger partial charge in [0.25, 0.3) is 0 Å². The molecule has 0 saturated heterocycles. The highest BCUT2D eigenvalue weighted by Crippen LogP contribution is 2.55. The molecule has 11 aromatic carbocycles. The summed E-state index contributed by atoms with van der Waals surface area (Å²) in [6.45, 7) is 4.78. The van der Waals surface area contributed by atoms with Crippen LogP contribution in [-0.4, -0.2) is 0 Å². The smallest absolute Gasteiger partial charge is 0.135 e. The average Bonchev–Trinajstić information content (AvgIpc) is 3.78. The molecular weight excluding hydrogens is 725 g/mol. The van der Waals surface area contributed by atoms with E-state index < -0.39 is 0 Å². The van der Waals surface area contributed by atoms with E-state index in [2.05, 4.69) is 208 Å². The molecule has 0 radical (unpaired) electrons. The van der Waals surface area contributed by atoms with E-state index in [0.717, 1.165) is 21.9 Å². The van der Waals surface area contributed by atoms with Crippen LogP contribution in [0.1, 0.15) is 25.0 Å². The Morgan fingerprint density at radius 1 is 0.317 bits per heavy atom. The van der Waals surface area contributed by atoms with Crippen LogP contribution in [0.15, 0.2) is 199 Å². The third-order valence-corrected chi connectivity index (χ3v) is 13.6. The minimum atomic E-state index is -0.130. The second-order valence-electron chi connectivity index (χ2n) is 17.1. The third-order valence-electron chi connectivity index (χ3n) is 13.6. The molecule has 0 spiro atoms. The van der Waals surface area contributed by atoms with E-state index in [0.29, 0.717) is 0 Å². The van der Waals surface area contributed by atoms with Crippen LogP contribution < -0.4 is 0 Å². The molecule has 0 amide bonds. The summed E-state index contributed by atoms with van der Waals surface area (Å²) in [5, 5.41) is 15.1. The largest absolute Gasteiger partial charge is 0.456 e. The molecule has 1 nitrogen and oxygen atoms in total. The van der Waals surface area contributed by atoms with Crippen molar-refractivity contribution in [3.8, 4) is 44.5 Å². The van der Waals surface area contributed by atoms with Crippen molar-refractivity contribution in [2.75, 3.05) is 0 Å². The maximum absolute atomic E-state index is 6.56. The van der Waals surface area contributed by atoms with E-state index >= 15 is 0 Å². The predicted octanol–water partition coefficient (Wildman–Crippen LogP) is 16.7. The van der Waals surface area contributed by atoms with Gasteiger partial charge in [0.2, 0.25) is 0 Å². The van der Waals surface area contributed by atoms with Gasteiger partial charge in [-0.15, -0.1) is 0 Å². The molecule has 1 aromatic heterocycles. The van der Waals surface area contributed by atoms with Gasteiger partial charge in [-0.05, 0) is 140 Å². The maximum atomic E-state index is 6.56. The molecule has 1 heteroatoms. The lowest BCUT2D eigenvalue weighted by Crippen LogP contribution is -2.15. The first-order valence-corrected chi connectivity index (χ1v) is 21.0. The summed E-state index contributed by atoms with van der Waals surface area (Å²) in [6, 6.07) is 71.8. The van der Waals surface area contributed by atoms with Crippen molar-refractivity contribution >= 4 is 75.8 Å². The molecule has 13 rings (SSSR count). The molecule has 60 heavy (non-hydrogen) atoms. The Morgan fingerprint density at radius 3 is 1.45 bits per heavy atom. The fraction of sp³-hybridized carbons (Fsp3) is 0.0508. The van der Waals surface area contributed by atoms with E-state index in [9.17, 15) is 0 Å². The van der Waals surface area contributed by atoms with Gasteiger partial charge in [0.15, 0.2) is 0 Å². The molecule has 0 atom stereocenters. The van der Waals surface area contributed by atoms with E-state index in [1.165, 1.54) is 109 Å². The predicted molar refractivity (Wildman–Crippen MR) is 255 cm³/mol. The Morgan fingerprint density at radius 2 is 0.783 bits per heavy atom. The van der Waals surface area contributed by atoms with Crippen LogP contribution in [0, 0.1) is 0 Å². The van der Waals surface area contributed by atoms with Gasteiger partial charge >= 0.3 is 0 Å². The fourth-order valence-electron chi connectivity index (χ4n) is 11.0. The normalized spacial score (nSPS) is 13.3. The minimum absolute atomic E-state index is 0.130. The molecule has 0 unspecified atom stereocenters. The number of benzene rings is 11. The van der Waals surface area contributed by atoms with Crippen molar-refractivity contribution < 1.29 is 4.42 Å². The first kappa shape index (κ1) is 33.5. The van der Waals surface area contributed by atoms with Crippen LogP contribution in [0.5, 0.6) is 0 Å². The van der Waals surface area contributed by atoms with Gasteiger partial charge in [-0.3, -0.25) is 0 Å². The van der Waals surface area contributed by atoms with Crippen molar-refractivity contribution in [1.29, 1.82) is 0 Å². The summed E-state index contributed by atoms with van der Waals surface area (Å²) in [5.74, 6) is 0. The summed E-state index contributed by atoms with van der Waals surface area (Å²) in [4.78, 5) is 0. The van der Waals surface area contributed by atoms with Crippen molar-refractivity contribution in [3.05, 3.63) is 205 Å². The highest BCUT2D eigenvalue weighted by molar-refractivity contribution is 6.24. The topological polar surface area (TPSA) is 13.1 Å². The van der Waals surface area contributed by atoms with Crippen LogP contribution in [0.3, 0.4) is 0 Å². The summed E-state index contributed by atoms with van der Waals surface area (Å²) < 4.78 is 6.56. The lowest BCUT2D eigenvalue weighted by molar-refractivity contribution is 0.666. The van der Waals surface area contributed by atoms with Gasteiger partial charge in [-0.25, -0.2) is 0 Å². The molecule has 0 bridgehead atoms. The first-order valence-electron chi connectivity index (χ1n) is 21.0. The summed E-state index contributed by atoms with van der Waals surface area (Å²) in [5.41, 5.74) is 14.6. The van der Waals surface area contributed by atoms with Crippen molar-refractivity contribution in [2.45, 2.75) is 19.3 Å². The third kappa shape index (κ3) is 4.58. The maximum Gasteiger partial charge on any atom is 0.135 e. The second kappa shape index (κ2) is 12.3. The Kier molecular flexibility index (Phi) is 6.85. The molecule has 0 aliphatic heterocycles. The lowest BCUT2D eigenvalue weighted by atomic mass is 9.79. The van der Waals surface area contributed by atoms with Gasteiger partial charge in [-0.1, -0.05) is 178 Å². The van der Waals surface area contributed by atoms with Gasteiger partial charge < -0.3 is 4.42 Å². The highest BCUT2D eigenvalue weighted by atomic mass is 16.3. The number of rotatable bonds is 3. The van der Waals surface area contributed by atoms with Crippen molar-refractivity contribution in [1.82, 2.24) is 0 Å². The summed E-state index contributed by atoms with van der Waals surface area (Å²) in [6.07, 6.45) is 0. The van der Waals surface area contributed by atoms with E-state index in [4.69, 9.17) is 4.42 Å². The lowest BCUT2D eigenvalue weighted by Gasteiger charge is -2.24. The zero-order valence-electron chi connectivity index (χ0n) is 33.4. The van der Waals surface area contributed by atoms with Crippen LogP contribution in [0.25, 0.3) is 120 Å². The van der Waals surface area contributed by atoms with Crippen LogP contribution in [-0.2, 0) is 5.41 Å². The van der Waals surface area contributed by atoms with Crippen molar-refractivity contribution in [3.63, 3.8) is 0 Å². The zero-order chi connectivity index (χ0) is 39.7. The van der Waals surface area contributed by atoms with Gasteiger partial charge in [-0.2, -0.15) is 0 Å². The van der Waals surface area contributed by atoms with Crippen LogP contribution in [0.2, 0.25) is 0 Å². The Balaban J connectivity index is 1.00. The molecule has 1 aliphatic carbocycles. The Hall–Kier alpha value is -7.48. The second-order valence-corrected chi connectivity index (χ2v) is 17.1.